The number of rotatable bonds is 6. The summed E-state index contributed by atoms with van der Waals surface area (Å²) in [6.07, 6.45) is 13.3. The predicted molar refractivity (Wildman–Crippen MR) is 63.8 cm³/mol. The number of allylic oxidation sites excluding steroid dienone is 3. The lowest BCUT2D eigenvalue weighted by molar-refractivity contribution is -0.116. The zero-order chi connectivity index (χ0) is 11.6. The Bertz CT molecular complexity index is 352. The molecule has 0 radical (unpaired) electrons. The predicted octanol–water partition coefficient (Wildman–Crippen LogP) is 1.52. The van der Waals surface area contributed by atoms with E-state index in [9.17, 15) is 4.79 Å². The highest BCUT2D eigenvalue weighted by atomic mass is 16.1. The van der Waals surface area contributed by atoms with Crippen molar-refractivity contribution < 1.29 is 4.79 Å². The van der Waals surface area contributed by atoms with Crippen LogP contribution in [0.2, 0.25) is 0 Å². The molecule has 0 atom stereocenters. The molecule has 0 aliphatic heterocycles. The fourth-order valence-corrected chi connectivity index (χ4v) is 1.21. The van der Waals surface area contributed by atoms with Crippen molar-refractivity contribution in [2.24, 2.45) is 0 Å². The fourth-order valence-electron chi connectivity index (χ4n) is 1.21. The summed E-state index contributed by atoms with van der Waals surface area (Å²) in [6, 6.07) is 0. The Morgan fingerprint density at radius 3 is 3.06 bits per heavy atom. The third-order valence-electron chi connectivity index (χ3n) is 2.00. The monoisotopic (exact) mass is 219 g/mol. The second kappa shape index (κ2) is 7.45. The molecule has 0 bridgehead atoms. The molecule has 1 aromatic heterocycles. The highest BCUT2D eigenvalue weighted by Crippen LogP contribution is 1.89. The summed E-state index contributed by atoms with van der Waals surface area (Å²) in [7, 11) is 0. The molecule has 86 valence electrons. The Balaban J connectivity index is 2.09. The van der Waals surface area contributed by atoms with E-state index in [2.05, 4.69) is 10.3 Å². The van der Waals surface area contributed by atoms with Crippen molar-refractivity contribution in [3.63, 3.8) is 0 Å². The van der Waals surface area contributed by atoms with Crippen LogP contribution in [0.25, 0.3) is 0 Å². The number of amides is 1. The van der Waals surface area contributed by atoms with Crippen molar-refractivity contribution in [2.45, 2.75) is 19.9 Å². The number of nitrogens with zero attached hydrogens (tertiary/aromatic N) is 2. The molecule has 1 N–H and O–H groups in total. The van der Waals surface area contributed by atoms with E-state index < -0.39 is 0 Å². The third kappa shape index (κ3) is 5.14. The summed E-state index contributed by atoms with van der Waals surface area (Å²) in [6.45, 7) is 3.46. The standard InChI is InChI=1S/C12H17N3O/c1-2-3-4-6-12(16)14-7-5-9-15-10-8-13-11-15/h2-4,6,8,10-11H,5,7,9H2,1H3,(H,14,16)/b3-2+,6-4+. The molecule has 0 aliphatic carbocycles. The Labute approximate surface area is 95.7 Å². The SMILES string of the molecule is C/C=C/C=C/C(=O)NCCCn1ccnc1. The number of imidazole rings is 1. The Morgan fingerprint density at radius 1 is 1.50 bits per heavy atom. The molecular weight excluding hydrogens is 202 g/mol. The van der Waals surface area contributed by atoms with Gasteiger partial charge in [0.15, 0.2) is 0 Å². The van der Waals surface area contributed by atoms with E-state index in [-0.39, 0.29) is 5.91 Å². The average Bonchev–Trinajstić information content (AvgIpc) is 2.78. The summed E-state index contributed by atoms with van der Waals surface area (Å²) >= 11 is 0. The van der Waals surface area contributed by atoms with Crippen molar-refractivity contribution in [3.8, 4) is 0 Å². The van der Waals surface area contributed by atoms with Crippen LogP contribution in [0.4, 0.5) is 0 Å². The van der Waals surface area contributed by atoms with Gasteiger partial charge in [0.1, 0.15) is 0 Å². The van der Waals surface area contributed by atoms with Crippen molar-refractivity contribution in [1.29, 1.82) is 0 Å². The van der Waals surface area contributed by atoms with E-state index in [1.165, 1.54) is 6.08 Å². The summed E-state index contributed by atoms with van der Waals surface area (Å²) < 4.78 is 1.99. The van der Waals surface area contributed by atoms with Crippen molar-refractivity contribution in [1.82, 2.24) is 14.9 Å². The minimum atomic E-state index is -0.0521. The number of aryl methyl sites for hydroxylation is 1. The zero-order valence-electron chi connectivity index (χ0n) is 9.47. The van der Waals surface area contributed by atoms with Gasteiger partial charge in [-0.05, 0) is 13.3 Å². The van der Waals surface area contributed by atoms with Crippen LogP contribution in [0, 0.1) is 0 Å². The summed E-state index contributed by atoms with van der Waals surface area (Å²) in [5.74, 6) is -0.0521. The summed E-state index contributed by atoms with van der Waals surface area (Å²) in [4.78, 5) is 15.2. The maximum absolute atomic E-state index is 11.2. The van der Waals surface area contributed by atoms with Crippen LogP contribution >= 0.6 is 0 Å². The smallest absolute Gasteiger partial charge is 0.243 e. The first-order valence-electron chi connectivity index (χ1n) is 5.36. The lowest BCUT2D eigenvalue weighted by atomic mass is 10.4. The number of aromatic nitrogens is 2. The molecule has 0 saturated carbocycles. The summed E-state index contributed by atoms with van der Waals surface area (Å²) in [5.41, 5.74) is 0. The zero-order valence-corrected chi connectivity index (χ0v) is 9.47. The van der Waals surface area contributed by atoms with Gasteiger partial charge in [-0.1, -0.05) is 18.2 Å². The molecule has 0 saturated heterocycles. The van der Waals surface area contributed by atoms with Gasteiger partial charge < -0.3 is 9.88 Å². The molecule has 4 nitrogen and oxygen atoms in total. The molecule has 16 heavy (non-hydrogen) atoms. The van der Waals surface area contributed by atoms with Crippen LogP contribution < -0.4 is 5.32 Å². The first-order chi connectivity index (χ1) is 7.83. The van der Waals surface area contributed by atoms with Gasteiger partial charge in [-0.15, -0.1) is 0 Å². The van der Waals surface area contributed by atoms with Crippen LogP contribution in [-0.4, -0.2) is 22.0 Å². The second-order valence-electron chi connectivity index (χ2n) is 3.33. The number of hydrogen-bond donors (Lipinski definition) is 1. The van der Waals surface area contributed by atoms with Crippen molar-refractivity contribution >= 4 is 5.91 Å². The highest BCUT2D eigenvalue weighted by Gasteiger charge is 1.94. The summed E-state index contributed by atoms with van der Waals surface area (Å²) in [5, 5.41) is 2.81. The molecule has 0 aromatic carbocycles. The number of nitrogens with one attached hydrogen (secondary N) is 1. The van der Waals surface area contributed by atoms with Crippen LogP contribution in [0.3, 0.4) is 0 Å². The van der Waals surface area contributed by atoms with Gasteiger partial charge in [0, 0.05) is 31.6 Å². The maximum atomic E-state index is 11.2. The van der Waals surface area contributed by atoms with E-state index in [1.807, 2.05) is 29.8 Å². The van der Waals surface area contributed by atoms with Crippen LogP contribution in [0.1, 0.15) is 13.3 Å². The maximum Gasteiger partial charge on any atom is 0.243 e. The number of carbonyl (C=O) groups excluding carboxylic acids is 1. The third-order valence-corrected chi connectivity index (χ3v) is 2.00. The lowest BCUT2D eigenvalue weighted by Gasteiger charge is -2.02. The minimum absolute atomic E-state index is 0.0521. The van der Waals surface area contributed by atoms with E-state index in [1.54, 1.807) is 18.6 Å². The van der Waals surface area contributed by atoms with Crippen LogP contribution in [0.5, 0.6) is 0 Å². The van der Waals surface area contributed by atoms with Gasteiger partial charge in [0.05, 0.1) is 6.33 Å². The van der Waals surface area contributed by atoms with Crippen molar-refractivity contribution in [2.75, 3.05) is 6.54 Å². The lowest BCUT2D eigenvalue weighted by Crippen LogP contribution is -2.22. The van der Waals surface area contributed by atoms with Gasteiger partial charge in [-0.2, -0.15) is 0 Å². The van der Waals surface area contributed by atoms with Crippen LogP contribution in [0.15, 0.2) is 43.0 Å². The first-order valence-corrected chi connectivity index (χ1v) is 5.36. The van der Waals surface area contributed by atoms with Gasteiger partial charge in [-0.3, -0.25) is 4.79 Å². The van der Waals surface area contributed by atoms with Gasteiger partial charge in [-0.25, -0.2) is 4.98 Å². The van der Waals surface area contributed by atoms with Gasteiger partial charge >= 0.3 is 0 Å². The highest BCUT2D eigenvalue weighted by molar-refractivity contribution is 5.87. The molecule has 0 aliphatic rings. The fraction of sp³-hybridized carbons (Fsp3) is 0.333. The first kappa shape index (κ1) is 12.2. The Hall–Kier alpha value is -1.84. The molecule has 1 heterocycles. The molecule has 0 spiro atoms. The van der Waals surface area contributed by atoms with E-state index in [0.29, 0.717) is 6.54 Å². The number of carbonyl (C=O) groups is 1. The average molecular weight is 219 g/mol. The molecule has 0 fully saturated rings. The molecule has 0 unspecified atom stereocenters. The topological polar surface area (TPSA) is 46.9 Å². The van der Waals surface area contributed by atoms with E-state index >= 15 is 0 Å². The van der Waals surface area contributed by atoms with Crippen molar-refractivity contribution in [3.05, 3.63) is 43.0 Å². The van der Waals surface area contributed by atoms with E-state index in [0.717, 1.165) is 13.0 Å². The Morgan fingerprint density at radius 2 is 2.38 bits per heavy atom. The molecule has 1 aromatic rings. The molecule has 1 rings (SSSR count). The van der Waals surface area contributed by atoms with Gasteiger partial charge in [0.2, 0.25) is 5.91 Å². The van der Waals surface area contributed by atoms with E-state index in [4.69, 9.17) is 0 Å². The molecular formula is C12H17N3O. The largest absolute Gasteiger partial charge is 0.352 e. The quantitative estimate of drug-likeness (QED) is 0.448. The normalized spacial score (nSPS) is 11.3. The molecule has 4 heteroatoms. The van der Waals surface area contributed by atoms with Crippen LogP contribution in [-0.2, 0) is 11.3 Å². The van der Waals surface area contributed by atoms with Gasteiger partial charge in [0.25, 0.3) is 0 Å². The molecule has 1 amide bonds. The Kier molecular flexibility index (Phi) is 5.70. The second-order valence-corrected chi connectivity index (χ2v) is 3.33. The number of hydrogen-bond acceptors (Lipinski definition) is 2. The minimum Gasteiger partial charge on any atom is -0.352 e.